The maximum Gasteiger partial charge on any atom is 0.248 e. The van der Waals surface area contributed by atoms with Crippen LogP contribution in [0.2, 0.25) is 0 Å². The average molecular weight is 260 g/mol. The fourth-order valence-corrected chi connectivity index (χ4v) is 2.23. The molecule has 0 bridgehead atoms. The molecule has 2 aromatic heterocycles. The summed E-state index contributed by atoms with van der Waals surface area (Å²) < 4.78 is 8.53. The number of aromatic nitrogens is 4. The fraction of sp³-hybridized carbons (Fsp3) is 0.467. The Kier molecular flexibility index (Phi) is 4.95. The molecule has 0 spiro atoms. The van der Waals surface area contributed by atoms with Crippen molar-refractivity contribution in [2.75, 3.05) is 0 Å². The summed E-state index contributed by atoms with van der Waals surface area (Å²) in [5, 5.41) is 0. The Bertz CT molecular complexity index is 510. The Labute approximate surface area is 115 Å². The smallest absolute Gasteiger partial charge is 0.240 e. The number of unbranched alkanes of at least 4 members (excludes halogenated alkanes) is 3. The van der Waals surface area contributed by atoms with Crippen molar-refractivity contribution < 1.29 is 9.13 Å². The number of aryl methyl sites for hydroxylation is 3. The van der Waals surface area contributed by atoms with Gasteiger partial charge in [-0.05, 0) is 25.7 Å². The van der Waals surface area contributed by atoms with Gasteiger partial charge in [0.1, 0.15) is 24.8 Å². The first kappa shape index (κ1) is 13.6. The van der Waals surface area contributed by atoms with Crippen LogP contribution in [0.1, 0.15) is 25.7 Å². The first-order valence-electron chi connectivity index (χ1n) is 6.98. The van der Waals surface area contributed by atoms with E-state index in [-0.39, 0.29) is 0 Å². The van der Waals surface area contributed by atoms with E-state index in [1.54, 1.807) is 0 Å². The molecule has 0 N–H and O–H groups in total. The molecule has 102 valence electrons. The van der Waals surface area contributed by atoms with Gasteiger partial charge >= 0.3 is 0 Å². The van der Waals surface area contributed by atoms with Gasteiger partial charge in [0.05, 0.1) is 26.3 Å². The highest BCUT2D eigenvalue weighted by Gasteiger charge is 2.02. The monoisotopic (exact) mass is 260 g/mol. The SMILES string of the molecule is C=Cn1cc[n+](CCCCCCn2cc[n+](C)c2)c1. The van der Waals surface area contributed by atoms with E-state index in [9.17, 15) is 0 Å². The second-order valence-electron chi connectivity index (χ2n) is 5.01. The summed E-state index contributed by atoms with van der Waals surface area (Å²) in [4.78, 5) is 0. The Morgan fingerprint density at radius 3 is 2.58 bits per heavy atom. The third kappa shape index (κ3) is 4.39. The van der Waals surface area contributed by atoms with Crippen molar-refractivity contribution in [2.45, 2.75) is 38.8 Å². The van der Waals surface area contributed by atoms with Crippen LogP contribution in [0.4, 0.5) is 0 Å². The van der Waals surface area contributed by atoms with Gasteiger partial charge in [-0.2, -0.15) is 0 Å². The van der Waals surface area contributed by atoms with Crippen LogP contribution in [-0.4, -0.2) is 9.13 Å². The molecule has 0 radical (unpaired) electrons. The van der Waals surface area contributed by atoms with Gasteiger partial charge in [0.25, 0.3) is 0 Å². The molecule has 0 unspecified atom stereocenters. The van der Waals surface area contributed by atoms with E-state index in [1.165, 1.54) is 25.7 Å². The van der Waals surface area contributed by atoms with Crippen LogP contribution in [0.5, 0.6) is 0 Å². The molecule has 0 fully saturated rings. The maximum atomic E-state index is 3.74. The van der Waals surface area contributed by atoms with Gasteiger partial charge in [-0.1, -0.05) is 6.58 Å². The zero-order chi connectivity index (χ0) is 13.5. The predicted molar refractivity (Wildman–Crippen MR) is 75.1 cm³/mol. The van der Waals surface area contributed by atoms with Crippen molar-refractivity contribution in [3.8, 4) is 0 Å². The van der Waals surface area contributed by atoms with Crippen LogP contribution < -0.4 is 9.13 Å². The summed E-state index contributed by atoms with van der Waals surface area (Å²) >= 11 is 0. The van der Waals surface area contributed by atoms with Crippen molar-refractivity contribution in [1.29, 1.82) is 0 Å². The van der Waals surface area contributed by atoms with Crippen LogP contribution in [0.15, 0.2) is 44.0 Å². The predicted octanol–water partition coefficient (Wildman–Crippen LogP) is 1.76. The van der Waals surface area contributed by atoms with Gasteiger partial charge in [-0.3, -0.25) is 0 Å². The molecule has 0 amide bonds. The Morgan fingerprint density at radius 1 is 1.05 bits per heavy atom. The molecular weight excluding hydrogens is 236 g/mol. The minimum Gasteiger partial charge on any atom is -0.240 e. The molecule has 0 saturated heterocycles. The normalized spacial score (nSPS) is 10.8. The summed E-state index contributed by atoms with van der Waals surface area (Å²) in [6.07, 6.45) is 19.5. The maximum absolute atomic E-state index is 3.74. The van der Waals surface area contributed by atoms with Crippen LogP contribution in [0.3, 0.4) is 0 Å². The van der Waals surface area contributed by atoms with Gasteiger partial charge < -0.3 is 0 Å². The van der Waals surface area contributed by atoms with Crippen molar-refractivity contribution >= 4 is 6.20 Å². The zero-order valence-corrected chi connectivity index (χ0v) is 11.8. The Morgan fingerprint density at radius 2 is 1.89 bits per heavy atom. The van der Waals surface area contributed by atoms with Crippen LogP contribution in [0.25, 0.3) is 6.20 Å². The topological polar surface area (TPSA) is 17.6 Å². The third-order valence-electron chi connectivity index (χ3n) is 3.33. The Balaban J connectivity index is 1.56. The lowest BCUT2D eigenvalue weighted by Gasteiger charge is -1.98. The second kappa shape index (κ2) is 6.92. The summed E-state index contributed by atoms with van der Waals surface area (Å²) in [7, 11) is 2.06. The van der Waals surface area contributed by atoms with Crippen molar-refractivity contribution in [1.82, 2.24) is 9.13 Å². The Hall–Kier alpha value is -1.84. The molecule has 0 aromatic carbocycles. The van der Waals surface area contributed by atoms with E-state index in [4.69, 9.17) is 0 Å². The lowest BCUT2D eigenvalue weighted by atomic mass is 10.2. The molecule has 0 saturated carbocycles. The van der Waals surface area contributed by atoms with E-state index in [2.05, 4.69) is 58.6 Å². The number of nitrogens with zero attached hydrogens (tertiary/aromatic N) is 4. The van der Waals surface area contributed by atoms with Crippen molar-refractivity contribution in [2.24, 2.45) is 7.05 Å². The molecule has 2 rings (SSSR count). The number of imidazole rings is 2. The number of hydrogen-bond donors (Lipinski definition) is 0. The highest BCUT2D eigenvalue weighted by Crippen LogP contribution is 2.02. The molecule has 0 aliphatic rings. The highest BCUT2D eigenvalue weighted by atomic mass is 15.1. The molecule has 0 aliphatic carbocycles. The van der Waals surface area contributed by atoms with Gasteiger partial charge in [-0.25, -0.2) is 18.3 Å². The number of rotatable bonds is 8. The standard InChI is InChI=1S/C15H24N4/c1-3-17-12-13-19(15-17)9-7-5-4-6-8-18-11-10-16(2)14-18/h3,10-15H,1,4-9H2,2H3/q+2. The molecule has 2 heterocycles. The first-order valence-corrected chi connectivity index (χ1v) is 6.98. The van der Waals surface area contributed by atoms with Gasteiger partial charge in [0.15, 0.2) is 0 Å². The zero-order valence-electron chi connectivity index (χ0n) is 11.8. The lowest BCUT2D eigenvalue weighted by Crippen LogP contribution is -2.30. The lowest BCUT2D eigenvalue weighted by molar-refractivity contribution is -0.696. The molecule has 19 heavy (non-hydrogen) atoms. The van der Waals surface area contributed by atoms with Crippen LogP contribution in [-0.2, 0) is 20.1 Å². The van der Waals surface area contributed by atoms with E-state index in [0.29, 0.717) is 0 Å². The van der Waals surface area contributed by atoms with Crippen LogP contribution >= 0.6 is 0 Å². The van der Waals surface area contributed by atoms with Crippen molar-refractivity contribution in [3.05, 3.63) is 44.0 Å². The highest BCUT2D eigenvalue weighted by molar-refractivity contribution is 5.12. The minimum atomic E-state index is 1.10. The third-order valence-corrected chi connectivity index (χ3v) is 3.33. The fourth-order valence-electron chi connectivity index (χ4n) is 2.23. The molecule has 2 aromatic rings. The van der Waals surface area contributed by atoms with Gasteiger partial charge in [-0.15, -0.1) is 0 Å². The van der Waals surface area contributed by atoms with E-state index >= 15 is 0 Å². The summed E-state index contributed by atoms with van der Waals surface area (Å²) in [6, 6.07) is 0. The summed E-state index contributed by atoms with van der Waals surface area (Å²) in [5.74, 6) is 0. The van der Waals surface area contributed by atoms with E-state index < -0.39 is 0 Å². The summed E-state index contributed by atoms with van der Waals surface area (Å²) in [6.45, 7) is 5.96. The molecular formula is C15H24N4+2. The molecule has 0 aliphatic heterocycles. The van der Waals surface area contributed by atoms with E-state index in [0.717, 1.165) is 13.1 Å². The average Bonchev–Trinajstić information content (AvgIpc) is 3.02. The molecule has 0 atom stereocenters. The minimum absolute atomic E-state index is 1.10. The van der Waals surface area contributed by atoms with Crippen molar-refractivity contribution in [3.63, 3.8) is 0 Å². The first-order chi connectivity index (χ1) is 9.28. The number of hydrogen-bond acceptors (Lipinski definition) is 0. The van der Waals surface area contributed by atoms with E-state index in [1.807, 2.05) is 17.0 Å². The summed E-state index contributed by atoms with van der Waals surface area (Å²) in [5.41, 5.74) is 0. The molecule has 4 nitrogen and oxygen atoms in total. The molecule has 4 heteroatoms. The largest absolute Gasteiger partial charge is 0.248 e. The quantitative estimate of drug-likeness (QED) is 0.508. The van der Waals surface area contributed by atoms with Gasteiger partial charge in [0.2, 0.25) is 12.7 Å². The van der Waals surface area contributed by atoms with Crippen LogP contribution in [0, 0.1) is 0 Å². The second-order valence-corrected chi connectivity index (χ2v) is 5.01. The van der Waals surface area contributed by atoms with Gasteiger partial charge in [0, 0.05) is 0 Å².